The van der Waals surface area contributed by atoms with Gasteiger partial charge >= 0.3 is 0 Å². The first-order valence-electron chi connectivity index (χ1n) is 7.35. The molecule has 114 valence electrons. The summed E-state index contributed by atoms with van der Waals surface area (Å²) in [5.41, 5.74) is 1.53. The Bertz CT molecular complexity index is 259. The third kappa shape index (κ3) is 3.39. The molecule has 1 heterocycles. The van der Waals surface area contributed by atoms with Crippen LogP contribution in [-0.4, -0.2) is 50.1 Å². The Morgan fingerprint density at radius 2 is 1.53 bits per heavy atom. The standard InChI is InChI=1S/C14H30O4Si/c1-9(2)19(10(3)4,11(5)6)18-8-13-14(16)12(15)7-17-13/h9-16H,7-8H2,1-6H3/t12-,13+,14-/m1/s1. The summed E-state index contributed by atoms with van der Waals surface area (Å²) in [5.74, 6) is 0. The number of aliphatic hydroxyl groups excluding tert-OH is 2. The van der Waals surface area contributed by atoms with Crippen LogP contribution in [0.15, 0.2) is 0 Å². The second-order valence-electron chi connectivity index (χ2n) is 6.56. The predicted molar refractivity (Wildman–Crippen MR) is 78.8 cm³/mol. The summed E-state index contributed by atoms with van der Waals surface area (Å²) in [7, 11) is -1.92. The minimum Gasteiger partial charge on any atom is -0.413 e. The van der Waals surface area contributed by atoms with E-state index < -0.39 is 26.6 Å². The average molecular weight is 290 g/mol. The van der Waals surface area contributed by atoms with E-state index in [9.17, 15) is 10.2 Å². The number of hydrogen-bond acceptors (Lipinski definition) is 4. The Morgan fingerprint density at radius 1 is 1.05 bits per heavy atom. The monoisotopic (exact) mass is 290 g/mol. The van der Waals surface area contributed by atoms with Gasteiger partial charge in [-0.25, -0.2) is 0 Å². The molecule has 3 atom stereocenters. The van der Waals surface area contributed by atoms with Crippen LogP contribution in [-0.2, 0) is 9.16 Å². The van der Waals surface area contributed by atoms with Crippen molar-refractivity contribution in [3.05, 3.63) is 0 Å². The van der Waals surface area contributed by atoms with E-state index in [0.717, 1.165) is 0 Å². The molecular formula is C14H30O4Si. The highest BCUT2D eigenvalue weighted by molar-refractivity contribution is 6.77. The van der Waals surface area contributed by atoms with Crippen molar-refractivity contribution in [1.29, 1.82) is 0 Å². The molecule has 19 heavy (non-hydrogen) atoms. The molecule has 0 unspecified atom stereocenters. The molecule has 0 aromatic heterocycles. The minimum atomic E-state index is -1.92. The van der Waals surface area contributed by atoms with Gasteiger partial charge in [-0.1, -0.05) is 41.5 Å². The molecule has 0 spiro atoms. The Hall–Kier alpha value is 0.0569. The Morgan fingerprint density at radius 3 is 1.84 bits per heavy atom. The average Bonchev–Trinajstić information content (AvgIpc) is 2.60. The van der Waals surface area contributed by atoms with Gasteiger partial charge in [0.25, 0.3) is 0 Å². The molecule has 0 amide bonds. The first kappa shape index (κ1) is 17.1. The molecule has 0 radical (unpaired) electrons. The summed E-state index contributed by atoms with van der Waals surface area (Å²) < 4.78 is 11.8. The minimum absolute atomic E-state index is 0.203. The molecule has 1 aliphatic heterocycles. The Labute approximate surface area is 118 Å². The van der Waals surface area contributed by atoms with Crippen LogP contribution >= 0.6 is 0 Å². The molecule has 0 bridgehead atoms. The van der Waals surface area contributed by atoms with E-state index in [2.05, 4.69) is 41.5 Å². The summed E-state index contributed by atoms with van der Waals surface area (Å²) in [5, 5.41) is 19.3. The van der Waals surface area contributed by atoms with Crippen LogP contribution in [0.2, 0.25) is 16.6 Å². The van der Waals surface area contributed by atoms with Crippen LogP contribution in [0.1, 0.15) is 41.5 Å². The van der Waals surface area contributed by atoms with Crippen LogP contribution in [0.4, 0.5) is 0 Å². The maximum absolute atomic E-state index is 9.83. The van der Waals surface area contributed by atoms with E-state index in [0.29, 0.717) is 23.2 Å². The van der Waals surface area contributed by atoms with Crippen molar-refractivity contribution >= 4 is 8.32 Å². The highest BCUT2D eigenvalue weighted by Crippen LogP contribution is 2.42. The SMILES string of the molecule is CC(C)[Si](OC[C@@H]1OC[C@@H](O)[C@H]1O)(C(C)C)C(C)C. The van der Waals surface area contributed by atoms with Crippen molar-refractivity contribution in [2.45, 2.75) is 76.5 Å². The number of ether oxygens (including phenoxy) is 1. The molecule has 0 aromatic carbocycles. The lowest BCUT2D eigenvalue weighted by molar-refractivity contribution is -0.00378. The normalized spacial score (nSPS) is 28.9. The first-order chi connectivity index (χ1) is 8.73. The maximum atomic E-state index is 9.83. The van der Waals surface area contributed by atoms with E-state index >= 15 is 0 Å². The zero-order valence-corrected chi connectivity index (χ0v) is 14.1. The quantitative estimate of drug-likeness (QED) is 0.737. The van der Waals surface area contributed by atoms with Gasteiger partial charge in [0.2, 0.25) is 0 Å². The van der Waals surface area contributed by atoms with E-state index in [4.69, 9.17) is 9.16 Å². The number of hydrogen-bond donors (Lipinski definition) is 2. The second kappa shape index (κ2) is 6.67. The fraction of sp³-hybridized carbons (Fsp3) is 1.00. The van der Waals surface area contributed by atoms with Crippen molar-refractivity contribution in [3.63, 3.8) is 0 Å². The Kier molecular flexibility index (Phi) is 6.01. The molecule has 5 heteroatoms. The zero-order valence-electron chi connectivity index (χ0n) is 13.1. The van der Waals surface area contributed by atoms with Gasteiger partial charge < -0.3 is 19.4 Å². The van der Waals surface area contributed by atoms with Gasteiger partial charge in [-0.15, -0.1) is 0 Å². The highest BCUT2D eigenvalue weighted by atomic mass is 28.4. The van der Waals surface area contributed by atoms with E-state index in [1.807, 2.05) is 0 Å². The highest BCUT2D eigenvalue weighted by Gasteiger charge is 2.46. The largest absolute Gasteiger partial charge is 0.413 e. The van der Waals surface area contributed by atoms with Crippen LogP contribution in [0.5, 0.6) is 0 Å². The summed E-state index contributed by atoms with van der Waals surface area (Å²) in [6.45, 7) is 14.0. The molecule has 1 fully saturated rings. The first-order valence-corrected chi connectivity index (χ1v) is 9.49. The van der Waals surface area contributed by atoms with Crippen molar-refractivity contribution in [1.82, 2.24) is 0 Å². The molecule has 1 aliphatic rings. The smallest absolute Gasteiger partial charge is 0.200 e. The second-order valence-corrected chi connectivity index (χ2v) is 12.0. The molecule has 1 saturated heterocycles. The van der Waals surface area contributed by atoms with Crippen LogP contribution < -0.4 is 0 Å². The summed E-state index contributed by atoms with van der Waals surface area (Å²) in [6, 6.07) is 0. The van der Waals surface area contributed by atoms with Crippen molar-refractivity contribution in [2.75, 3.05) is 13.2 Å². The van der Waals surface area contributed by atoms with Crippen LogP contribution in [0, 0.1) is 0 Å². The van der Waals surface area contributed by atoms with Crippen LogP contribution in [0.3, 0.4) is 0 Å². The molecular weight excluding hydrogens is 260 g/mol. The van der Waals surface area contributed by atoms with E-state index in [1.165, 1.54) is 0 Å². The molecule has 4 nitrogen and oxygen atoms in total. The molecule has 0 aromatic rings. The van der Waals surface area contributed by atoms with Gasteiger partial charge in [-0.2, -0.15) is 0 Å². The predicted octanol–water partition coefficient (Wildman–Crippen LogP) is 2.30. The summed E-state index contributed by atoms with van der Waals surface area (Å²) >= 11 is 0. The number of aliphatic hydroxyl groups is 2. The van der Waals surface area contributed by atoms with Crippen LogP contribution in [0.25, 0.3) is 0 Å². The molecule has 1 rings (SSSR count). The van der Waals surface area contributed by atoms with Gasteiger partial charge in [0.15, 0.2) is 8.32 Å². The third-order valence-corrected chi connectivity index (χ3v) is 10.5. The van der Waals surface area contributed by atoms with Gasteiger partial charge in [-0.3, -0.25) is 0 Å². The van der Waals surface area contributed by atoms with Gasteiger partial charge in [-0.05, 0) is 16.6 Å². The van der Waals surface area contributed by atoms with Gasteiger partial charge in [0.05, 0.1) is 13.2 Å². The lowest BCUT2D eigenvalue weighted by Gasteiger charge is -2.42. The van der Waals surface area contributed by atoms with Crippen molar-refractivity contribution in [3.8, 4) is 0 Å². The molecule has 0 aliphatic carbocycles. The van der Waals surface area contributed by atoms with Crippen molar-refractivity contribution < 1.29 is 19.4 Å². The molecule has 0 saturated carbocycles. The lowest BCUT2D eigenvalue weighted by atomic mass is 10.2. The Balaban J connectivity index is 2.74. The third-order valence-electron chi connectivity index (χ3n) is 4.46. The lowest BCUT2D eigenvalue weighted by Crippen LogP contribution is -2.50. The fourth-order valence-corrected chi connectivity index (χ4v) is 8.99. The van der Waals surface area contributed by atoms with Gasteiger partial charge in [0.1, 0.15) is 18.3 Å². The van der Waals surface area contributed by atoms with Crippen molar-refractivity contribution in [2.24, 2.45) is 0 Å². The van der Waals surface area contributed by atoms with Gasteiger partial charge in [0, 0.05) is 0 Å². The fourth-order valence-electron chi connectivity index (χ4n) is 3.54. The van der Waals surface area contributed by atoms with E-state index in [1.54, 1.807) is 0 Å². The zero-order chi connectivity index (χ0) is 14.8. The summed E-state index contributed by atoms with van der Waals surface area (Å²) in [4.78, 5) is 0. The van der Waals surface area contributed by atoms with E-state index in [-0.39, 0.29) is 6.61 Å². The topological polar surface area (TPSA) is 58.9 Å². The molecule has 2 N–H and O–H groups in total. The summed E-state index contributed by atoms with van der Waals surface area (Å²) in [6.07, 6.45) is -1.99. The maximum Gasteiger partial charge on any atom is 0.200 e. The number of rotatable bonds is 6.